The van der Waals surface area contributed by atoms with Gasteiger partial charge in [0.05, 0.1) is 6.04 Å². The first-order valence-corrected chi connectivity index (χ1v) is 7.22. The van der Waals surface area contributed by atoms with Gasteiger partial charge < -0.3 is 5.32 Å². The van der Waals surface area contributed by atoms with Gasteiger partial charge >= 0.3 is 0 Å². The van der Waals surface area contributed by atoms with Crippen LogP contribution in [0.15, 0.2) is 24.3 Å². The van der Waals surface area contributed by atoms with E-state index in [0.717, 1.165) is 28.8 Å². The number of nitrogens with zero attached hydrogens (tertiary/aromatic N) is 2. The third-order valence-corrected chi connectivity index (χ3v) is 3.66. The van der Waals surface area contributed by atoms with Crippen LogP contribution in [0.3, 0.4) is 0 Å². The van der Waals surface area contributed by atoms with Crippen LogP contribution in [0.25, 0.3) is 0 Å². The standard InChI is InChI=1S/C13H16ClN3S/c1-3-11(9-6-5-7-10(14)8-9)15-13-16-12(4-2)17-18-13/h5-8,11H,3-4H2,1-2H3,(H,15,16,17). The number of aryl methyl sites for hydroxylation is 1. The van der Waals surface area contributed by atoms with E-state index in [1.807, 2.05) is 18.2 Å². The second kappa shape index (κ2) is 6.16. The highest BCUT2D eigenvalue weighted by Gasteiger charge is 2.12. The normalized spacial score (nSPS) is 12.4. The Bertz CT molecular complexity index is 512. The lowest BCUT2D eigenvalue weighted by atomic mass is 10.1. The van der Waals surface area contributed by atoms with Crippen molar-refractivity contribution in [1.29, 1.82) is 0 Å². The molecular formula is C13H16ClN3S. The first-order valence-electron chi connectivity index (χ1n) is 6.07. The Morgan fingerprint density at radius 1 is 1.39 bits per heavy atom. The third kappa shape index (κ3) is 3.21. The third-order valence-electron chi connectivity index (χ3n) is 2.74. The molecule has 0 radical (unpaired) electrons. The number of anilines is 1. The number of aromatic nitrogens is 2. The maximum atomic E-state index is 6.02. The molecule has 0 saturated carbocycles. The Labute approximate surface area is 116 Å². The summed E-state index contributed by atoms with van der Waals surface area (Å²) in [5, 5.41) is 5.05. The van der Waals surface area contributed by atoms with Crippen LogP contribution in [0.2, 0.25) is 5.02 Å². The molecule has 0 aliphatic carbocycles. The van der Waals surface area contributed by atoms with Crippen molar-refractivity contribution < 1.29 is 0 Å². The van der Waals surface area contributed by atoms with Gasteiger partial charge in [-0.1, -0.05) is 37.6 Å². The lowest BCUT2D eigenvalue weighted by Gasteiger charge is -2.16. The molecule has 1 atom stereocenters. The Morgan fingerprint density at radius 2 is 2.22 bits per heavy atom. The molecule has 1 unspecified atom stereocenters. The quantitative estimate of drug-likeness (QED) is 0.887. The van der Waals surface area contributed by atoms with Crippen molar-refractivity contribution in [2.75, 3.05) is 5.32 Å². The van der Waals surface area contributed by atoms with E-state index in [-0.39, 0.29) is 6.04 Å². The molecule has 0 fully saturated rings. The molecule has 18 heavy (non-hydrogen) atoms. The summed E-state index contributed by atoms with van der Waals surface area (Å²) in [4.78, 5) is 4.43. The smallest absolute Gasteiger partial charge is 0.203 e. The number of benzene rings is 1. The maximum Gasteiger partial charge on any atom is 0.203 e. The summed E-state index contributed by atoms with van der Waals surface area (Å²) in [7, 11) is 0. The monoisotopic (exact) mass is 281 g/mol. The van der Waals surface area contributed by atoms with Gasteiger partial charge in [-0.05, 0) is 24.1 Å². The molecule has 2 aromatic rings. The van der Waals surface area contributed by atoms with Gasteiger partial charge in [0.25, 0.3) is 0 Å². The van der Waals surface area contributed by atoms with E-state index in [2.05, 4.69) is 34.6 Å². The Balaban J connectivity index is 2.14. The first kappa shape index (κ1) is 13.3. The second-order valence-electron chi connectivity index (χ2n) is 4.03. The van der Waals surface area contributed by atoms with E-state index in [9.17, 15) is 0 Å². The number of nitrogens with one attached hydrogen (secondary N) is 1. The molecule has 0 amide bonds. The van der Waals surface area contributed by atoms with Crippen molar-refractivity contribution >= 4 is 28.3 Å². The maximum absolute atomic E-state index is 6.02. The summed E-state index contributed by atoms with van der Waals surface area (Å²) >= 11 is 7.43. The van der Waals surface area contributed by atoms with E-state index in [4.69, 9.17) is 11.6 Å². The fourth-order valence-electron chi connectivity index (χ4n) is 1.75. The predicted molar refractivity (Wildman–Crippen MR) is 77.4 cm³/mol. The average molecular weight is 282 g/mol. The molecule has 2 rings (SSSR count). The SMILES string of the molecule is CCc1nsc(NC(CC)c2cccc(Cl)c2)n1. The van der Waals surface area contributed by atoms with Crippen LogP contribution in [0.5, 0.6) is 0 Å². The van der Waals surface area contributed by atoms with Crippen LogP contribution in [-0.4, -0.2) is 9.36 Å². The van der Waals surface area contributed by atoms with Crippen molar-refractivity contribution in [3.05, 3.63) is 40.7 Å². The number of rotatable bonds is 5. The fourth-order valence-corrected chi connectivity index (χ4v) is 2.65. The van der Waals surface area contributed by atoms with Crippen molar-refractivity contribution in [3.8, 4) is 0 Å². The van der Waals surface area contributed by atoms with Crippen LogP contribution in [-0.2, 0) is 6.42 Å². The summed E-state index contributed by atoms with van der Waals surface area (Å²) < 4.78 is 4.28. The van der Waals surface area contributed by atoms with Gasteiger partial charge in [-0.2, -0.15) is 4.37 Å². The van der Waals surface area contributed by atoms with Crippen molar-refractivity contribution in [2.24, 2.45) is 0 Å². The van der Waals surface area contributed by atoms with Crippen molar-refractivity contribution in [2.45, 2.75) is 32.7 Å². The molecule has 0 bridgehead atoms. The van der Waals surface area contributed by atoms with E-state index < -0.39 is 0 Å². The Morgan fingerprint density at radius 3 is 2.83 bits per heavy atom. The topological polar surface area (TPSA) is 37.8 Å². The van der Waals surface area contributed by atoms with Gasteiger partial charge in [0.2, 0.25) is 5.13 Å². The molecular weight excluding hydrogens is 266 g/mol. The Hall–Kier alpha value is -1.13. The minimum absolute atomic E-state index is 0.223. The van der Waals surface area contributed by atoms with E-state index in [0.29, 0.717) is 0 Å². The first-order chi connectivity index (χ1) is 8.72. The van der Waals surface area contributed by atoms with Crippen molar-refractivity contribution in [3.63, 3.8) is 0 Å². The summed E-state index contributed by atoms with van der Waals surface area (Å²) in [5.41, 5.74) is 1.18. The number of hydrogen-bond acceptors (Lipinski definition) is 4. The molecule has 1 N–H and O–H groups in total. The molecule has 0 spiro atoms. The zero-order valence-corrected chi connectivity index (χ0v) is 12.1. The van der Waals surface area contributed by atoms with Crippen LogP contribution in [0.4, 0.5) is 5.13 Å². The van der Waals surface area contributed by atoms with Gasteiger partial charge in [-0.3, -0.25) is 0 Å². The lowest BCUT2D eigenvalue weighted by Crippen LogP contribution is -2.09. The highest BCUT2D eigenvalue weighted by Crippen LogP contribution is 2.25. The van der Waals surface area contributed by atoms with E-state index in [1.54, 1.807) is 0 Å². The number of halogens is 1. The molecule has 0 saturated heterocycles. The van der Waals surface area contributed by atoms with E-state index >= 15 is 0 Å². The van der Waals surface area contributed by atoms with Gasteiger partial charge in [-0.25, -0.2) is 4.98 Å². The number of hydrogen-bond donors (Lipinski definition) is 1. The second-order valence-corrected chi connectivity index (χ2v) is 5.22. The van der Waals surface area contributed by atoms with Crippen LogP contribution in [0.1, 0.15) is 37.7 Å². The molecule has 96 valence electrons. The summed E-state index contributed by atoms with van der Waals surface area (Å²) in [6.45, 7) is 4.19. The minimum atomic E-state index is 0.223. The highest BCUT2D eigenvalue weighted by molar-refractivity contribution is 7.09. The summed E-state index contributed by atoms with van der Waals surface area (Å²) in [5.74, 6) is 0.892. The zero-order chi connectivity index (χ0) is 13.0. The van der Waals surface area contributed by atoms with Gasteiger partial charge in [-0.15, -0.1) is 0 Å². The highest BCUT2D eigenvalue weighted by atomic mass is 35.5. The largest absolute Gasteiger partial charge is 0.353 e. The molecule has 1 aromatic carbocycles. The average Bonchev–Trinajstić information content (AvgIpc) is 2.83. The van der Waals surface area contributed by atoms with Gasteiger partial charge in [0, 0.05) is 23.0 Å². The van der Waals surface area contributed by atoms with Gasteiger partial charge in [0.1, 0.15) is 5.82 Å². The van der Waals surface area contributed by atoms with Crippen LogP contribution in [0, 0.1) is 0 Å². The van der Waals surface area contributed by atoms with Crippen LogP contribution < -0.4 is 5.32 Å². The lowest BCUT2D eigenvalue weighted by molar-refractivity contribution is 0.747. The van der Waals surface area contributed by atoms with E-state index in [1.165, 1.54) is 17.1 Å². The fraction of sp³-hybridized carbons (Fsp3) is 0.385. The molecule has 5 heteroatoms. The van der Waals surface area contributed by atoms with Crippen molar-refractivity contribution in [1.82, 2.24) is 9.36 Å². The zero-order valence-electron chi connectivity index (χ0n) is 10.5. The Kier molecular flexibility index (Phi) is 4.55. The molecule has 3 nitrogen and oxygen atoms in total. The minimum Gasteiger partial charge on any atom is -0.353 e. The summed E-state index contributed by atoms with van der Waals surface area (Å²) in [6.07, 6.45) is 1.84. The van der Waals surface area contributed by atoms with Crippen LogP contribution >= 0.6 is 23.1 Å². The molecule has 0 aliphatic heterocycles. The predicted octanol–water partition coefficient (Wildman–Crippen LogP) is 4.32. The summed E-state index contributed by atoms with van der Waals surface area (Å²) in [6, 6.07) is 8.15. The molecule has 0 aliphatic rings. The molecule has 1 heterocycles. The molecule has 1 aromatic heterocycles. The van der Waals surface area contributed by atoms with Gasteiger partial charge in [0.15, 0.2) is 0 Å².